The van der Waals surface area contributed by atoms with Crippen molar-refractivity contribution in [3.63, 3.8) is 0 Å². The first-order valence-electron chi connectivity index (χ1n) is 10.2. The Morgan fingerprint density at radius 2 is 2.34 bits per heavy atom. The van der Waals surface area contributed by atoms with Gasteiger partial charge in [0.1, 0.15) is 12.2 Å². The van der Waals surface area contributed by atoms with Crippen LogP contribution in [0.2, 0.25) is 0 Å². The largest absolute Gasteiger partial charge is 0.404 e. The normalized spacial score (nSPS) is 23.4. The van der Waals surface area contributed by atoms with E-state index in [-0.39, 0.29) is 12.6 Å². The number of hydrogen-bond donors (Lipinski definition) is 3. The number of nitrogens with one attached hydrogen (secondary N) is 1. The molecule has 7 nitrogen and oxygen atoms in total. The van der Waals surface area contributed by atoms with Gasteiger partial charge in [-0.25, -0.2) is 4.99 Å². The molecule has 1 aromatic rings. The maximum atomic E-state index is 9.82. The van der Waals surface area contributed by atoms with Gasteiger partial charge in [0.2, 0.25) is 12.2 Å². The van der Waals surface area contributed by atoms with Crippen molar-refractivity contribution in [3.8, 4) is 0 Å². The van der Waals surface area contributed by atoms with E-state index in [9.17, 15) is 5.11 Å². The van der Waals surface area contributed by atoms with Crippen molar-refractivity contribution in [1.29, 1.82) is 0 Å². The van der Waals surface area contributed by atoms with Crippen LogP contribution < -0.4 is 10.4 Å². The first kappa shape index (κ1) is 19.4. The van der Waals surface area contributed by atoms with Crippen molar-refractivity contribution >= 4 is 12.1 Å². The summed E-state index contributed by atoms with van der Waals surface area (Å²) in [4.78, 5) is 11.2. The molecule has 29 heavy (non-hydrogen) atoms. The number of aliphatic hydroxyl groups excluding tert-OH is 1. The Bertz CT molecular complexity index is 944. The molecular formula is C22H29N6O+. The van der Waals surface area contributed by atoms with Gasteiger partial charge in [0.05, 0.1) is 11.9 Å². The molecule has 0 bridgehead atoms. The number of allylic oxidation sites excluding steroid dienone is 4. The van der Waals surface area contributed by atoms with E-state index in [0.29, 0.717) is 11.8 Å². The van der Waals surface area contributed by atoms with E-state index >= 15 is 0 Å². The number of aromatic nitrogens is 2. The third kappa shape index (κ3) is 3.96. The second-order valence-electron chi connectivity index (χ2n) is 7.88. The second-order valence-corrected chi connectivity index (χ2v) is 7.88. The van der Waals surface area contributed by atoms with Crippen LogP contribution in [0, 0.1) is 11.8 Å². The molecule has 3 aliphatic rings. The third-order valence-electron chi connectivity index (χ3n) is 5.64. The fraction of sp³-hybridized carbons (Fsp3) is 0.409. The van der Waals surface area contributed by atoms with Crippen LogP contribution in [0.25, 0.3) is 0 Å². The second kappa shape index (κ2) is 8.21. The van der Waals surface area contributed by atoms with E-state index < -0.39 is 0 Å². The van der Waals surface area contributed by atoms with Crippen LogP contribution in [-0.2, 0) is 0 Å². The molecule has 2 atom stereocenters. The number of aliphatic hydroxyl groups is 1. The molecule has 2 unspecified atom stereocenters. The van der Waals surface area contributed by atoms with Crippen LogP contribution in [0.5, 0.6) is 0 Å². The number of hydrogen-bond acceptors (Lipinski definition) is 5. The number of aromatic amines is 1. The summed E-state index contributed by atoms with van der Waals surface area (Å²) in [5, 5.41) is 13.1. The van der Waals surface area contributed by atoms with Crippen LogP contribution in [-0.4, -0.2) is 40.8 Å². The maximum Gasteiger partial charge on any atom is 0.207 e. The third-order valence-corrected chi connectivity index (χ3v) is 5.64. The van der Waals surface area contributed by atoms with Gasteiger partial charge in [-0.3, -0.25) is 4.99 Å². The van der Waals surface area contributed by atoms with Gasteiger partial charge < -0.3 is 15.7 Å². The van der Waals surface area contributed by atoms with Crippen molar-refractivity contribution in [1.82, 2.24) is 10.00 Å². The molecule has 1 aromatic heterocycles. The molecule has 152 valence electrons. The Labute approximate surface area is 171 Å². The smallest absolute Gasteiger partial charge is 0.207 e. The van der Waals surface area contributed by atoms with Crippen LogP contribution in [0.3, 0.4) is 0 Å². The molecule has 0 radical (unpaired) electrons. The zero-order valence-electron chi connectivity index (χ0n) is 17.0. The zero-order chi connectivity index (χ0) is 20.4. The number of rotatable bonds is 6. The van der Waals surface area contributed by atoms with Crippen LogP contribution >= 0.6 is 0 Å². The molecule has 0 saturated heterocycles. The van der Waals surface area contributed by atoms with Crippen molar-refractivity contribution in [3.05, 3.63) is 65.6 Å². The minimum Gasteiger partial charge on any atom is -0.404 e. The molecule has 2 aliphatic heterocycles. The lowest BCUT2D eigenvalue weighted by Gasteiger charge is -2.26. The summed E-state index contributed by atoms with van der Waals surface area (Å²) in [5.74, 6) is 1.82. The van der Waals surface area contributed by atoms with Gasteiger partial charge in [-0.15, -0.1) is 4.68 Å². The Morgan fingerprint density at radius 3 is 3.03 bits per heavy atom. The summed E-state index contributed by atoms with van der Waals surface area (Å²) < 4.78 is 2.01. The number of nitrogens with zero attached hydrogens (tertiary/aromatic N) is 4. The van der Waals surface area contributed by atoms with E-state index in [4.69, 9.17) is 10.7 Å². The van der Waals surface area contributed by atoms with Crippen molar-refractivity contribution in [2.24, 2.45) is 27.6 Å². The minimum absolute atomic E-state index is 0.0874. The Balaban J connectivity index is 1.76. The Hall–Kier alpha value is -2.93. The van der Waals surface area contributed by atoms with Crippen molar-refractivity contribution in [2.75, 3.05) is 13.7 Å². The molecule has 3 heterocycles. The van der Waals surface area contributed by atoms with Gasteiger partial charge in [0.25, 0.3) is 0 Å². The van der Waals surface area contributed by atoms with E-state index in [1.54, 1.807) is 13.3 Å². The van der Waals surface area contributed by atoms with Gasteiger partial charge in [-0.2, -0.15) is 5.10 Å². The Morgan fingerprint density at radius 1 is 1.52 bits per heavy atom. The van der Waals surface area contributed by atoms with Gasteiger partial charge in [0, 0.05) is 42.9 Å². The van der Waals surface area contributed by atoms with Gasteiger partial charge in [0.15, 0.2) is 5.84 Å². The van der Waals surface area contributed by atoms with Crippen molar-refractivity contribution < 1.29 is 9.79 Å². The number of amidine groups is 1. The summed E-state index contributed by atoms with van der Waals surface area (Å²) in [6, 6.07) is 0.0874. The summed E-state index contributed by atoms with van der Waals surface area (Å²) in [5.41, 5.74) is 9.45. The minimum atomic E-state index is 0.0874. The molecule has 7 heteroatoms. The highest BCUT2D eigenvalue weighted by Gasteiger charge is 2.39. The van der Waals surface area contributed by atoms with E-state index in [1.807, 2.05) is 23.2 Å². The molecule has 0 aromatic carbocycles. The Kier molecular flexibility index (Phi) is 5.49. The highest BCUT2D eigenvalue weighted by Crippen LogP contribution is 2.36. The number of nitrogens with two attached hydrogens (primary N) is 1. The molecule has 4 rings (SSSR count). The van der Waals surface area contributed by atoms with Crippen LogP contribution in [0.1, 0.15) is 37.8 Å². The van der Waals surface area contributed by atoms with E-state index in [0.717, 1.165) is 34.8 Å². The van der Waals surface area contributed by atoms with E-state index in [1.165, 1.54) is 19.0 Å². The molecule has 1 fully saturated rings. The number of aliphatic imine (C=N–C) groups is 2. The van der Waals surface area contributed by atoms with Crippen LogP contribution in [0.4, 0.5) is 0 Å². The highest BCUT2D eigenvalue weighted by atomic mass is 16.3. The maximum absolute atomic E-state index is 9.82. The summed E-state index contributed by atoms with van der Waals surface area (Å²) in [7, 11) is 1.72. The number of fused-ring (bicyclic) bond motifs is 1. The predicted molar refractivity (Wildman–Crippen MR) is 114 cm³/mol. The van der Waals surface area contributed by atoms with E-state index in [2.05, 4.69) is 40.3 Å². The van der Waals surface area contributed by atoms with Crippen molar-refractivity contribution in [2.45, 2.75) is 32.2 Å². The fourth-order valence-corrected chi connectivity index (χ4v) is 3.78. The van der Waals surface area contributed by atoms with Gasteiger partial charge in [-0.05, 0) is 31.3 Å². The molecule has 4 N–H and O–H groups in total. The van der Waals surface area contributed by atoms with Gasteiger partial charge >= 0.3 is 0 Å². The fourth-order valence-electron chi connectivity index (χ4n) is 3.78. The first-order valence-corrected chi connectivity index (χ1v) is 10.2. The molecule has 0 amide bonds. The number of H-pyrrole nitrogens is 1. The lowest BCUT2D eigenvalue weighted by Crippen LogP contribution is -2.44. The van der Waals surface area contributed by atoms with Gasteiger partial charge in [-0.1, -0.05) is 19.1 Å². The monoisotopic (exact) mass is 393 g/mol. The van der Waals surface area contributed by atoms with Crippen LogP contribution in [0.15, 0.2) is 70.0 Å². The molecule has 1 saturated carbocycles. The topological polar surface area (TPSA) is 93.9 Å². The summed E-state index contributed by atoms with van der Waals surface area (Å²) in [6.45, 7) is 2.33. The summed E-state index contributed by atoms with van der Waals surface area (Å²) in [6.07, 6.45) is 19.1. The zero-order valence-corrected chi connectivity index (χ0v) is 17.0. The highest BCUT2D eigenvalue weighted by molar-refractivity contribution is 6.03. The summed E-state index contributed by atoms with van der Waals surface area (Å²) >= 11 is 0. The first-order chi connectivity index (χ1) is 14.1. The molecular weight excluding hydrogens is 364 g/mol. The SMILES string of the molecule is CN=CC(=CN)C1=CC2=CCC(C)C=CN2C(c2c[nH][n+](C(CO)C3CC3)c2)=N1. The average molecular weight is 394 g/mol. The lowest BCUT2D eigenvalue weighted by molar-refractivity contribution is -0.778. The average Bonchev–Trinajstić information content (AvgIpc) is 3.48. The predicted octanol–water partition coefficient (Wildman–Crippen LogP) is 2.17. The molecule has 0 spiro atoms. The quantitative estimate of drug-likeness (QED) is 0.511. The molecule has 1 aliphatic carbocycles. The lowest BCUT2D eigenvalue weighted by atomic mass is 10.1. The standard InChI is InChI=1S/C22H28N6O/c1-15-3-6-19-9-20(17(10-23)11-24-2)26-22(27(19)8-7-15)18-12-25-28(13-18)21(14-29)16-4-5-16/h6-13,15-16,21,29H,3-5,14H2,1-2H3,(H2,23,24)/p+1.